The predicted molar refractivity (Wildman–Crippen MR) is 54.6 cm³/mol. The average molecular weight is 247 g/mol. The Kier molecular flexibility index (Phi) is 2.94. The van der Waals surface area contributed by atoms with Gasteiger partial charge in [0.05, 0.1) is 6.04 Å². The van der Waals surface area contributed by atoms with Crippen LogP contribution in [0.15, 0.2) is 4.79 Å². The molecule has 1 aliphatic rings. The summed E-state index contributed by atoms with van der Waals surface area (Å²) in [7, 11) is 0. The first-order valence-corrected chi connectivity index (χ1v) is 5.31. The lowest BCUT2D eigenvalue weighted by Gasteiger charge is -2.13. The zero-order chi connectivity index (χ0) is 12.6. The van der Waals surface area contributed by atoms with Crippen LogP contribution in [-0.4, -0.2) is 16.5 Å². The minimum Gasteiger partial charge on any atom is -0.309 e. The average Bonchev–Trinajstić information content (AvgIpc) is 2.73. The summed E-state index contributed by atoms with van der Waals surface area (Å²) in [5.74, 6) is 0.0745. The topological polar surface area (TPSA) is 57.8 Å². The van der Waals surface area contributed by atoms with E-state index in [9.17, 15) is 18.0 Å². The van der Waals surface area contributed by atoms with Gasteiger partial charge in [-0.25, -0.2) is 4.98 Å². The minimum atomic E-state index is -4.59. The fourth-order valence-corrected chi connectivity index (χ4v) is 1.91. The van der Waals surface area contributed by atoms with Crippen molar-refractivity contribution in [2.45, 2.75) is 32.0 Å². The van der Waals surface area contributed by atoms with Gasteiger partial charge in [0, 0.05) is 5.56 Å². The molecule has 1 unspecified atom stereocenters. The lowest BCUT2D eigenvalue weighted by Crippen LogP contribution is -2.26. The monoisotopic (exact) mass is 247 g/mol. The van der Waals surface area contributed by atoms with Crippen molar-refractivity contribution in [1.82, 2.24) is 15.3 Å². The van der Waals surface area contributed by atoms with Crippen LogP contribution in [0, 0.1) is 6.92 Å². The molecule has 1 atom stereocenters. The highest BCUT2D eigenvalue weighted by Gasteiger charge is 2.36. The van der Waals surface area contributed by atoms with Gasteiger partial charge in [-0.2, -0.15) is 13.2 Å². The summed E-state index contributed by atoms with van der Waals surface area (Å²) in [5, 5.41) is 3.00. The second-order valence-corrected chi connectivity index (χ2v) is 4.07. The normalized spacial score (nSPS) is 20.8. The molecular formula is C10H12F3N3O. The molecule has 2 N–H and O–H groups in total. The van der Waals surface area contributed by atoms with Crippen LogP contribution in [0.3, 0.4) is 0 Å². The van der Waals surface area contributed by atoms with Crippen LogP contribution in [0.25, 0.3) is 0 Å². The van der Waals surface area contributed by atoms with Gasteiger partial charge in [-0.1, -0.05) is 0 Å². The maximum absolute atomic E-state index is 12.7. The molecule has 0 aliphatic carbocycles. The SMILES string of the molecule is Cc1c(C(F)(F)F)nc(C2CCCN2)[nH]c1=O. The van der Waals surface area contributed by atoms with Gasteiger partial charge in [-0.3, -0.25) is 4.79 Å². The van der Waals surface area contributed by atoms with Crippen LogP contribution in [0.4, 0.5) is 13.2 Å². The molecule has 1 aliphatic heterocycles. The fraction of sp³-hybridized carbons (Fsp3) is 0.600. The number of alkyl halides is 3. The molecule has 1 fully saturated rings. The first kappa shape index (κ1) is 12.1. The van der Waals surface area contributed by atoms with E-state index in [1.165, 1.54) is 0 Å². The Bertz CT molecular complexity index is 475. The Morgan fingerprint density at radius 2 is 2.12 bits per heavy atom. The van der Waals surface area contributed by atoms with Gasteiger partial charge in [-0.15, -0.1) is 0 Å². The first-order valence-electron chi connectivity index (χ1n) is 5.31. The maximum atomic E-state index is 12.7. The van der Waals surface area contributed by atoms with E-state index in [1.807, 2.05) is 0 Å². The van der Waals surface area contributed by atoms with Crippen molar-refractivity contribution in [3.05, 3.63) is 27.4 Å². The van der Waals surface area contributed by atoms with Crippen molar-refractivity contribution < 1.29 is 13.2 Å². The van der Waals surface area contributed by atoms with E-state index in [4.69, 9.17) is 0 Å². The number of aromatic nitrogens is 2. The Balaban J connectivity index is 2.49. The van der Waals surface area contributed by atoms with Crippen molar-refractivity contribution in [2.24, 2.45) is 0 Å². The molecule has 0 spiro atoms. The Morgan fingerprint density at radius 3 is 2.65 bits per heavy atom. The van der Waals surface area contributed by atoms with Gasteiger partial charge in [0.1, 0.15) is 5.82 Å². The van der Waals surface area contributed by atoms with Gasteiger partial charge in [0.15, 0.2) is 5.69 Å². The Morgan fingerprint density at radius 1 is 1.41 bits per heavy atom. The molecule has 0 saturated carbocycles. The molecule has 2 heterocycles. The fourth-order valence-electron chi connectivity index (χ4n) is 1.91. The molecule has 0 aromatic carbocycles. The van der Waals surface area contributed by atoms with Gasteiger partial charge < -0.3 is 10.3 Å². The van der Waals surface area contributed by atoms with Crippen molar-refractivity contribution >= 4 is 0 Å². The third-order valence-corrected chi connectivity index (χ3v) is 2.83. The maximum Gasteiger partial charge on any atom is 0.433 e. The molecule has 1 aromatic heterocycles. The van der Waals surface area contributed by atoms with E-state index >= 15 is 0 Å². The smallest absolute Gasteiger partial charge is 0.309 e. The third-order valence-electron chi connectivity index (χ3n) is 2.83. The van der Waals surface area contributed by atoms with Crippen molar-refractivity contribution in [3.63, 3.8) is 0 Å². The van der Waals surface area contributed by atoms with Crippen LogP contribution >= 0.6 is 0 Å². The molecule has 0 bridgehead atoms. The molecule has 7 heteroatoms. The minimum absolute atomic E-state index is 0.0745. The number of aromatic amines is 1. The van der Waals surface area contributed by atoms with Crippen LogP contribution in [0.1, 0.15) is 36.0 Å². The lowest BCUT2D eigenvalue weighted by atomic mass is 10.2. The summed E-state index contributed by atoms with van der Waals surface area (Å²) in [4.78, 5) is 17.4. The number of rotatable bonds is 1. The molecule has 2 rings (SSSR count). The molecule has 0 radical (unpaired) electrons. The van der Waals surface area contributed by atoms with E-state index < -0.39 is 17.4 Å². The third kappa shape index (κ3) is 2.33. The number of nitrogens with one attached hydrogen (secondary N) is 2. The molecule has 94 valence electrons. The van der Waals surface area contributed by atoms with Crippen LogP contribution in [0.2, 0.25) is 0 Å². The summed E-state index contributed by atoms with van der Waals surface area (Å²) in [6, 6.07) is -0.288. The first-order chi connectivity index (χ1) is 7.89. The summed E-state index contributed by atoms with van der Waals surface area (Å²) in [6.07, 6.45) is -3.04. The summed E-state index contributed by atoms with van der Waals surface area (Å²) < 4.78 is 38.0. The number of halogens is 3. The largest absolute Gasteiger partial charge is 0.433 e. The van der Waals surface area contributed by atoms with E-state index in [2.05, 4.69) is 15.3 Å². The van der Waals surface area contributed by atoms with Crippen LogP contribution < -0.4 is 10.9 Å². The summed E-state index contributed by atoms with van der Waals surface area (Å²) in [6.45, 7) is 1.85. The Labute approximate surface area is 95.3 Å². The number of hydrogen-bond donors (Lipinski definition) is 2. The molecular weight excluding hydrogens is 235 g/mol. The van der Waals surface area contributed by atoms with Gasteiger partial charge in [-0.05, 0) is 26.3 Å². The Hall–Kier alpha value is -1.37. The predicted octanol–water partition coefficient (Wildman–Crippen LogP) is 1.52. The molecule has 4 nitrogen and oxygen atoms in total. The number of hydrogen-bond acceptors (Lipinski definition) is 3. The van der Waals surface area contributed by atoms with E-state index in [0.717, 1.165) is 19.9 Å². The van der Waals surface area contributed by atoms with E-state index in [0.29, 0.717) is 6.42 Å². The van der Waals surface area contributed by atoms with Gasteiger partial charge >= 0.3 is 6.18 Å². The lowest BCUT2D eigenvalue weighted by molar-refractivity contribution is -0.142. The molecule has 0 amide bonds. The highest BCUT2D eigenvalue weighted by Crippen LogP contribution is 2.30. The second-order valence-electron chi connectivity index (χ2n) is 4.07. The number of nitrogens with zero attached hydrogens (tertiary/aromatic N) is 1. The summed E-state index contributed by atoms with van der Waals surface area (Å²) >= 11 is 0. The summed E-state index contributed by atoms with van der Waals surface area (Å²) in [5.41, 5.74) is -2.21. The molecule has 17 heavy (non-hydrogen) atoms. The highest BCUT2D eigenvalue weighted by molar-refractivity contribution is 5.20. The van der Waals surface area contributed by atoms with Gasteiger partial charge in [0.2, 0.25) is 0 Å². The molecule has 1 saturated heterocycles. The highest BCUT2D eigenvalue weighted by atomic mass is 19.4. The number of H-pyrrole nitrogens is 1. The van der Waals surface area contributed by atoms with Crippen LogP contribution in [-0.2, 0) is 6.18 Å². The second kappa shape index (κ2) is 4.14. The van der Waals surface area contributed by atoms with Gasteiger partial charge in [0.25, 0.3) is 5.56 Å². The zero-order valence-electron chi connectivity index (χ0n) is 9.19. The molecule has 1 aromatic rings. The van der Waals surface area contributed by atoms with Crippen molar-refractivity contribution in [1.29, 1.82) is 0 Å². The standard InChI is InChI=1S/C10H12F3N3O/c1-5-7(10(11,12)13)15-8(16-9(5)17)6-3-2-4-14-6/h6,14H,2-4H2,1H3,(H,15,16,17). The zero-order valence-corrected chi connectivity index (χ0v) is 9.19. The van der Waals surface area contributed by atoms with E-state index in [1.54, 1.807) is 0 Å². The quantitative estimate of drug-likeness (QED) is 0.791. The van der Waals surface area contributed by atoms with Crippen molar-refractivity contribution in [3.8, 4) is 0 Å². The van der Waals surface area contributed by atoms with E-state index in [-0.39, 0.29) is 17.4 Å². The van der Waals surface area contributed by atoms with Crippen LogP contribution in [0.5, 0.6) is 0 Å². The van der Waals surface area contributed by atoms with Crippen molar-refractivity contribution in [2.75, 3.05) is 6.54 Å².